The zero-order valence-corrected chi connectivity index (χ0v) is 9.61. The van der Waals surface area contributed by atoms with Crippen molar-refractivity contribution in [1.82, 2.24) is 10.2 Å². The zero-order chi connectivity index (χ0) is 13.0. The summed E-state index contributed by atoms with van der Waals surface area (Å²) in [7, 11) is 0. The van der Waals surface area contributed by atoms with Gasteiger partial charge in [0.2, 0.25) is 5.91 Å². The highest BCUT2D eigenvalue weighted by molar-refractivity contribution is 5.94. The highest BCUT2D eigenvalue weighted by Crippen LogP contribution is 2.26. The minimum absolute atomic E-state index is 0.327. The Hall–Kier alpha value is -2.24. The van der Waals surface area contributed by atoms with Crippen molar-refractivity contribution in [1.29, 1.82) is 0 Å². The van der Waals surface area contributed by atoms with Crippen LogP contribution in [0.3, 0.4) is 0 Å². The monoisotopic (exact) mass is 247 g/mol. The summed E-state index contributed by atoms with van der Waals surface area (Å²) in [5, 5.41) is 19.0. The molecule has 1 aliphatic carbocycles. The summed E-state index contributed by atoms with van der Waals surface area (Å²) < 4.78 is 0. The molecule has 6 nitrogen and oxygen atoms in total. The number of hydrogen-bond donors (Lipinski definition) is 2. The van der Waals surface area contributed by atoms with Crippen LogP contribution in [0, 0.1) is 11.8 Å². The number of nitrogens with one attached hydrogen (secondary N) is 1. The number of aromatic nitrogens is 2. The van der Waals surface area contributed by atoms with Crippen molar-refractivity contribution in [3.05, 3.63) is 30.5 Å². The van der Waals surface area contributed by atoms with E-state index in [9.17, 15) is 9.59 Å². The molecule has 94 valence electrons. The molecule has 2 atom stereocenters. The van der Waals surface area contributed by atoms with Gasteiger partial charge in [-0.15, -0.1) is 5.10 Å². The van der Waals surface area contributed by atoms with E-state index in [0.717, 1.165) is 0 Å². The first-order valence-corrected chi connectivity index (χ1v) is 5.65. The van der Waals surface area contributed by atoms with Crippen LogP contribution in [0.2, 0.25) is 0 Å². The van der Waals surface area contributed by atoms with Gasteiger partial charge in [-0.25, -0.2) is 0 Å². The Labute approximate surface area is 104 Å². The molecule has 1 amide bonds. The second-order valence-corrected chi connectivity index (χ2v) is 4.09. The molecule has 0 bridgehead atoms. The van der Waals surface area contributed by atoms with Crippen molar-refractivity contribution in [2.24, 2.45) is 11.8 Å². The summed E-state index contributed by atoms with van der Waals surface area (Å²) in [6.07, 6.45) is 5.95. The lowest BCUT2D eigenvalue weighted by Gasteiger charge is -2.23. The van der Waals surface area contributed by atoms with Gasteiger partial charge in [0.1, 0.15) is 0 Å². The molecule has 0 radical (unpaired) electrons. The molecular weight excluding hydrogens is 234 g/mol. The third-order valence-electron chi connectivity index (χ3n) is 2.91. The number of carboxylic acids is 1. The molecule has 1 aromatic rings. The molecule has 0 unspecified atom stereocenters. The fourth-order valence-electron chi connectivity index (χ4n) is 1.96. The second-order valence-electron chi connectivity index (χ2n) is 4.09. The number of hydrogen-bond acceptors (Lipinski definition) is 4. The number of aliphatic carboxylic acids is 1. The molecule has 0 saturated heterocycles. The average molecular weight is 247 g/mol. The standard InChI is InChI=1S/C12H13N3O3/c16-11(14-10-6-3-7-13-15-10)8-4-1-2-5-9(8)12(17)18/h1-3,6-9H,4-5H2,(H,17,18)(H,14,15,16)/t8-,9+/m1/s1. The molecule has 0 saturated carbocycles. The van der Waals surface area contributed by atoms with Crippen LogP contribution in [-0.4, -0.2) is 27.2 Å². The number of amides is 1. The SMILES string of the molecule is O=C(O)[C@H]1CC=CC[C@H]1C(=O)Nc1cccnn1. The number of rotatable bonds is 3. The molecule has 2 rings (SSSR count). The minimum Gasteiger partial charge on any atom is -0.481 e. The van der Waals surface area contributed by atoms with Gasteiger partial charge >= 0.3 is 5.97 Å². The Morgan fingerprint density at radius 1 is 1.28 bits per heavy atom. The largest absolute Gasteiger partial charge is 0.481 e. The predicted molar refractivity (Wildman–Crippen MR) is 63.7 cm³/mol. The molecule has 1 heterocycles. The van der Waals surface area contributed by atoms with Gasteiger partial charge in [0.15, 0.2) is 5.82 Å². The maximum absolute atomic E-state index is 12.0. The molecule has 0 fully saturated rings. The van der Waals surface area contributed by atoms with Crippen molar-refractivity contribution < 1.29 is 14.7 Å². The fourth-order valence-corrected chi connectivity index (χ4v) is 1.96. The first-order chi connectivity index (χ1) is 8.68. The van der Waals surface area contributed by atoms with Gasteiger partial charge in [-0.1, -0.05) is 12.2 Å². The molecule has 0 aliphatic heterocycles. The topological polar surface area (TPSA) is 92.2 Å². The molecule has 0 spiro atoms. The van der Waals surface area contributed by atoms with E-state index < -0.39 is 17.8 Å². The smallest absolute Gasteiger partial charge is 0.307 e. The number of carbonyl (C=O) groups excluding carboxylic acids is 1. The van der Waals surface area contributed by atoms with Gasteiger partial charge in [0.05, 0.1) is 11.8 Å². The van der Waals surface area contributed by atoms with Crippen LogP contribution in [0.25, 0.3) is 0 Å². The van der Waals surface area contributed by atoms with E-state index in [1.807, 2.05) is 6.08 Å². The van der Waals surface area contributed by atoms with Crippen LogP contribution in [0.4, 0.5) is 5.82 Å². The first-order valence-electron chi connectivity index (χ1n) is 5.65. The number of anilines is 1. The van der Waals surface area contributed by atoms with Crippen LogP contribution in [0.15, 0.2) is 30.5 Å². The molecule has 1 aromatic heterocycles. The third-order valence-corrected chi connectivity index (χ3v) is 2.91. The minimum atomic E-state index is -0.946. The second kappa shape index (κ2) is 5.39. The average Bonchev–Trinajstić information content (AvgIpc) is 2.40. The Morgan fingerprint density at radius 3 is 2.61 bits per heavy atom. The molecule has 6 heteroatoms. The van der Waals surface area contributed by atoms with Crippen LogP contribution in [0.5, 0.6) is 0 Å². The van der Waals surface area contributed by atoms with E-state index >= 15 is 0 Å². The number of carboxylic acid groups (broad SMARTS) is 1. The highest BCUT2D eigenvalue weighted by atomic mass is 16.4. The van der Waals surface area contributed by atoms with Gasteiger partial charge in [-0.2, -0.15) is 5.10 Å². The zero-order valence-electron chi connectivity index (χ0n) is 9.61. The van der Waals surface area contributed by atoms with Crippen molar-refractivity contribution >= 4 is 17.7 Å². The highest BCUT2D eigenvalue weighted by Gasteiger charge is 2.34. The van der Waals surface area contributed by atoms with Crippen LogP contribution in [0.1, 0.15) is 12.8 Å². The maximum Gasteiger partial charge on any atom is 0.307 e. The van der Waals surface area contributed by atoms with Crippen molar-refractivity contribution in [3.8, 4) is 0 Å². The predicted octanol–water partition coefficient (Wildman–Crippen LogP) is 1.08. The van der Waals surface area contributed by atoms with Crippen molar-refractivity contribution in [3.63, 3.8) is 0 Å². The molecule has 1 aliphatic rings. The van der Waals surface area contributed by atoms with E-state index in [-0.39, 0.29) is 5.91 Å². The lowest BCUT2D eigenvalue weighted by Crippen LogP contribution is -2.34. The van der Waals surface area contributed by atoms with Gasteiger partial charge in [-0.3, -0.25) is 9.59 Å². The van der Waals surface area contributed by atoms with Crippen LogP contribution >= 0.6 is 0 Å². The van der Waals surface area contributed by atoms with E-state index in [1.54, 1.807) is 18.2 Å². The number of allylic oxidation sites excluding steroid dienone is 2. The fraction of sp³-hybridized carbons (Fsp3) is 0.333. The lowest BCUT2D eigenvalue weighted by molar-refractivity contribution is -0.146. The summed E-state index contributed by atoms with van der Waals surface area (Å²) in [5.74, 6) is -2.17. The van der Waals surface area contributed by atoms with Crippen molar-refractivity contribution in [2.75, 3.05) is 5.32 Å². The summed E-state index contributed by atoms with van der Waals surface area (Å²) in [6, 6.07) is 3.26. The van der Waals surface area contributed by atoms with E-state index in [2.05, 4.69) is 15.5 Å². The molecule has 2 N–H and O–H groups in total. The quantitative estimate of drug-likeness (QED) is 0.780. The Bertz CT molecular complexity index is 473. The van der Waals surface area contributed by atoms with Crippen LogP contribution < -0.4 is 5.32 Å². The molecular formula is C12H13N3O3. The van der Waals surface area contributed by atoms with Crippen molar-refractivity contribution in [2.45, 2.75) is 12.8 Å². The number of nitrogens with zero attached hydrogens (tertiary/aromatic N) is 2. The van der Waals surface area contributed by atoms with Gasteiger partial charge in [0, 0.05) is 6.20 Å². The molecule has 0 aromatic carbocycles. The Morgan fingerprint density at radius 2 is 2.00 bits per heavy atom. The van der Waals surface area contributed by atoms with Crippen LogP contribution in [-0.2, 0) is 9.59 Å². The van der Waals surface area contributed by atoms with Gasteiger partial charge < -0.3 is 10.4 Å². The number of carbonyl (C=O) groups is 2. The van der Waals surface area contributed by atoms with Gasteiger partial charge in [0.25, 0.3) is 0 Å². The summed E-state index contributed by atoms with van der Waals surface area (Å²) >= 11 is 0. The summed E-state index contributed by atoms with van der Waals surface area (Å²) in [5.41, 5.74) is 0. The lowest BCUT2D eigenvalue weighted by atomic mass is 9.82. The summed E-state index contributed by atoms with van der Waals surface area (Å²) in [6.45, 7) is 0. The first kappa shape index (κ1) is 12.2. The normalized spacial score (nSPS) is 22.4. The van der Waals surface area contributed by atoms with E-state index in [4.69, 9.17) is 5.11 Å². The maximum atomic E-state index is 12.0. The van der Waals surface area contributed by atoms with Gasteiger partial charge in [-0.05, 0) is 25.0 Å². The summed E-state index contributed by atoms with van der Waals surface area (Å²) in [4.78, 5) is 23.1. The van der Waals surface area contributed by atoms with E-state index in [0.29, 0.717) is 18.7 Å². The third kappa shape index (κ3) is 2.71. The Balaban J connectivity index is 2.08. The Kier molecular flexibility index (Phi) is 3.66. The van der Waals surface area contributed by atoms with E-state index in [1.165, 1.54) is 6.20 Å². The molecule has 18 heavy (non-hydrogen) atoms.